The summed E-state index contributed by atoms with van der Waals surface area (Å²) in [6.07, 6.45) is 6.63. The third-order valence-corrected chi connectivity index (χ3v) is 6.05. The van der Waals surface area contributed by atoms with Gasteiger partial charge in [0.25, 0.3) is 5.56 Å². The van der Waals surface area contributed by atoms with E-state index in [2.05, 4.69) is 15.2 Å². The second-order valence-corrected chi connectivity index (χ2v) is 7.59. The number of aryl methyl sites for hydroxylation is 1. The van der Waals surface area contributed by atoms with Crippen molar-refractivity contribution in [3.63, 3.8) is 0 Å². The molecule has 2 saturated heterocycles. The zero-order chi connectivity index (χ0) is 16.5. The van der Waals surface area contributed by atoms with E-state index in [-0.39, 0.29) is 17.5 Å². The van der Waals surface area contributed by atoms with Crippen LogP contribution in [0.3, 0.4) is 0 Å². The van der Waals surface area contributed by atoms with Crippen LogP contribution < -0.4 is 10.9 Å². The summed E-state index contributed by atoms with van der Waals surface area (Å²) in [7, 11) is 0. The first kappa shape index (κ1) is 15.8. The smallest absolute Gasteiger partial charge is 0.262 e. The van der Waals surface area contributed by atoms with Crippen LogP contribution in [0.2, 0.25) is 0 Å². The molecule has 0 unspecified atom stereocenters. The first-order chi connectivity index (χ1) is 11.7. The van der Waals surface area contributed by atoms with Crippen LogP contribution in [0.1, 0.15) is 32.1 Å². The summed E-state index contributed by atoms with van der Waals surface area (Å²) in [5.74, 6) is 0.0322. The molecule has 2 aliphatic rings. The molecule has 7 heteroatoms. The number of rotatable bonds is 4. The number of carbonyl (C=O) groups excluding carboxylic acids is 1. The normalized spacial score (nSPS) is 24.2. The Hall–Kier alpha value is -1.73. The SMILES string of the molecule is O=C(CCn1cnc2sccc2c1=O)N[C@H]1CCN2CCCC[C@H]12. The lowest BCUT2D eigenvalue weighted by molar-refractivity contribution is -0.122. The second-order valence-electron chi connectivity index (χ2n) is 6.69. The maximum absolute atomic E-state index is 12.3. The third-order valence-electron chi connectivity index (χ3n) is 5.23. The molecule has 2 atom stereocenters. The van der Waals surface area contributed by atoms with Crippen LogP contribution in [0.25, 0.3) is 10.2 Å². The van der Waals surface area contributed by atoms with Gasteiger partial charge in [-0.15, -0.1) is 11.3 Å². The first-order valence-electron chi connectivity index (χ1n) is 8.68. The van der Waals surface area contributed by atoms with E-state index >= 15 is 0 Å². The molecule has 4 heterocycles. The summed E-state index contributed by atoms with van der Waals surface area (Å²) >= 11 is 1.46. The van der Waals surface area contributed by atoms with Crippen LogP contribution in [0, 0.1) is 0 Å². The van der Waals surface area contributed by atoms with Crippen LogP contribution in [-0.2, 0) is 11.3 Å². The van der Waals surface area contributed by atoms with E-state index in [9.17, 15) is 9.59 Å². The predicted octanol–water partition coefficient (Wildman–Crippen LogP) is 1.59. The van der Waals surface area contributed by atoms with Crippen molar-refractivity contribution < 1.29 is 4.79 Å². The van der Waals surface area contributed by atoms with E-state index in [0.717, 1.165) is 17.8 Å². The Kier molecular flexibility index (Phi) is 4.37. The lowest BCUT2D eigenvalue weighted by Crippen LogP contribution is -2.47. The summed E-state index contributed by atoms with van der Waals surface area (Å²) in [5.41, 5.74) is -0.0617. The van der Waals surface area contributed by atoms with Crippen LogP contribution in [0.5, 0.6) is 0 Å². The zero-order valence-electron chi connectivity index (χ0n) is 13.6. The Bertz CT molecular complexity index is 799. The van der Waals surface area contributed by atoms with Crippen LogP contribution >= 0.6 is 11.3 Å². The van der Waals surface area contributed by atoms with Crippen molar-refractivity contribution in [3.05, 3.63) is 28.1 Å². The van der Waals surface area contributed by atoms with Crippen molar-refractivity contribution in [2.24, 2.45) is 0 Å². The zero-order valence-corrected chi connectivity index (χ0v) is 14.4. The number of fused-ring (bicyclic) bond motifs is 2. The molecule has 0 bridgehead atoms. The molecule has 0 aliphatic carbocycles. The molecule has 0 radical (unpaired) electrons. The van der Waals surface area contributed by atoms with Crippen molar-refractivity contribution in [1.29, 1.82) is 0 Å². The molecule has 24 heavy (non-hydrogen) atoms. The molecule has 2 aromatic rings. The Balaban J connectivity index is 1.36. The topological polar surface area (TPSA) is 67.2 Å². The minimum atomic E-state index is -0.0617. The lowest BCUT2D eigenvalue weighted by atomic mass is 9.99. The van der Waals surface area contributed by atoms with Crippen molar-refractivity contribution in [2.45, 2.75) is 50.7 Å². The van der Waals surface area contributed by atoms with Gasteiger partial charge in [0, 0.05) is 31.6 Å². The minimum Gasteiger partial charge on any atom is -0.352 e. The lowest BCUT2D eigenvalue weighted by Gasteiger charge is -2.32. The van der Waals surface area contributed by atoms with Crippen LogP contribution in [-0.4, -0.2) is 45.5 Å². The van der Waals surface area contributed by atoms with E-state index in [0.29, 0.717) is 24.4 Å². The van der Waals surface area contributed by atoms with E-state index in [1.807, 2.05) is 5.38 Å². The van der Waals surface area contributed by atoms with Crippen molar-refractivity contribution >= 4 is 27.5 Å². The van der Waals surface area contributed by atoms with Gasteiger partial charge in [-0.1, -0.05) is 6.42 Å². The van der Waals surface area contributed by atoms with Gasteiger partial charge in [0.2, 0.25) is 5.91 Å². The van der Waals surface area contributed by atoms with Gasteiger partial charge in [-0.05, 0) is 37.3 Å². The van der Waals surface area contributed by atoms with Crippen LogP contribution in [0.4, 0.5) is 0 Å². The molecule has 6 nitrogen and oxygen atoms in total. The monoisotopic (exact) mass is 346 g/mol. The van der Waals surface area contributed by atoms with Gasteiger partial charge in [-0.3, -0.25) is 19.1 Å². The van der Waals surface area contributed by atoms with Crippen molar-refractivity contribution in [2.75, 3.05) is 13.1 Å². The Morgan fingerprint density at radius 3 is 3.17 bits per heavy atom. The molecule has 128 valence electrons. The Morgan fingerprint density at radius 2 is 2.25 bits per heavy atom. The fourth-order valence-corrected chi connectivity index (χ4v) is 4.69. The van der Waals surface area contributed by atoms with Crippen molar-refractivity contribution in [3.8, 4) is 0 Å². The molecule has 0 saturated carbocycles. The number of thiophene rings is 1. The van der Waals surface area contributed by atoms with Crippen molar-refractivity contribution in [1.82, 2.24) is 19.8 Å². The summed E-state index contributed by atoms with van der Waals surface area (Å²) < 4.78 is 1.54. The van der Waals surface area contributed by atoms with Gasteiger partial charge < -0.3 is 5.32 Å². The summed E-state index contributed by atoms with van der Waals surface area (Å²) in [5, 5.41) is 5.69. The molecule has 0 aromatic carbocycles. The minimum absolute atomic E-state index is 0.0322. The second kappa shape index (κ2) is 6.64. The van der Waals surface area contributed by atoms with Gasteiger partial charge in [0.05, 0.1) is 11.7 Å². The molecule has 1 amide bonds. The number of aromatic nitrogens is 2. The summed E-state index contributed by atoms with van der Waals surface area (Å²) in [6, 6.07) is 2.57. The maximum atomic E-state index is 12.3. The van der Waals surface area contributed by atoms with E-state index < -0.39 is 0 Å². The van der Waals surface area contributed by atoms with E-state index in [1.54, 1.807) is 12.4 Å². The molecular formula is C17H22N4O2S. The fourth-order valence-electron chi connectivity index (χ4n) is 3.97. The Morgan fingerprint density at radius 1 is 1.33 bits per heavy atom. The highest BCUT2D eigenvalue weighted by Crippen LogP contribution is 2.27. The largest absolute Gasteiger partial charge is 0.352 e. The number of hydrogen-bond acceptors (Lipinski definition) is 5. The Labute approximate surface area is 144 Å². The number of nitrogens with zero attached hydrogens (tertiary/aromatic N) is 3. The molecule has 1 N–H and O–H groups in total. The first-order valence-corrected chi connectivity index (χ1v) is 9.56. The van der Waals surface area contributed by atoms with Gasteiger partial charge in [0.1, 0.15) is 4.83 Å². The number of hydrogen-bond donors (Lipinski definition) is 1. The van der Waals surface area contributed by atoms with E-state index in [1.165, 1.54) is 41.7 Å². The summed E-state index contributed by atoms with van der Waals surface area (Å²) in [6.45, 7) is 2.64. The molecular weight excluding hydrogens is 324 g/mol. The predicted molar refractivity (Wildman–Crippen MR) is 94.3 cm³/mol. The molecule has 4 rings (SSSR count). The standard InChI is InChI=1S/C17H22N4O2S/c22-15(19-13-4-8-20-7-2-1-3-14(13)20)5-9-21-11-18-16-12(17(21)23)6-10-24-16/h6,10-11,13-14H,1-5,7-9H2,(H,19,22)/t13-,14+/m0/s1. The average Bonchev–Trinajstić information content (AvgIpc) is 3.22. The summed E-state index contributed by atoms with van der Waals surface area (Å²) in [4.78, 5) is 32.2. The van der Waals surface area contributed by atoms with Crippen LogP contribution in [0.15, 0.2) is 22.6 Å². The number of amides is 1. The molecule has 2 aromatic heterocycles. The average molecular weight is 346 g/mol. The molecule has 2 aliphatic heterocycles. The van der Waals surface area contributed by atoms with Gasteiger partial charge in [0.15, 0.2) is 0 Å². The van der Waals surface area contributed by atoms with Gasteiger partial charge in [-0.2, -0.15) is 0 Å². The fraction of sp³-hybridized carbons (Fsp3) is 0.588. The highest BCUT2D eigenvalue weighted by molar-refractivity contribution is 7.16. The molecule has 2 fully saturated rings. The van der Waals surface area contributed by atoms with E-state index in [4.69, 9.17) is 0 Å². The quantitative estimate of drug-likeness (QED) is 0.913. The number of carbonyl (C=O) groups is 1. The van der Waals surface area contributed by atoms with Gasteiger partial charge >= 0.3 is 0 Å². The third kappa shape index (κ3) is 2.98. The maximum Gasteiger partial charge on any atom is 0.262 e. The highest BCUT2D eigenvalue weighted by Gasteiger charge is 2.35. The highest BCUT2D eigenvalue weighted by atomic mass is 32.1. The number of piperidine rings is 1. The van der Waals surface area contributed by atoms with Gasteiger partial charge in [-0.25, -0.2) is 4.98 Å². The number of nitrogens with one attached hydrogen (secondary N) is 1. The molecule has 0 spiro atoms.